The van der Waals surface area contributed by atoms with E-state index >= 15 is 0 Å². The van der Waals surface area contributed by atoms with Crippen molar-refractivity contribution in [1.29, 1.82) is 0 Å². The Hall–Kier alpha value is -2.70. The fraction of sp³-hybridized carbons (Fsp3) is 0.304. The van der Waals surface area contributed by atoms with Crippen LogP contribution in [0.15, 0.2) is 61.7 Å². The fourth-order valence-corrected chi connectivity index (χ4v) is 3.02. The van der Waals surface area contributed by atoms with Gasteiger partial charge in [-0.25, -0.2) is 0 Å². The summed E-state index contributed by atoms with van der Waals surface area (Å²) < 4.78 is 0. The van der Waals surface area contributed by atoms with Crippen molar-refractivity contribution in [2.75, 3.05) is 12.3 Å². The topological polar surface area (TPSA) is 49.5 Å². The third kappa shape index (κ3) is 5.68. The van der Waals surface area contributed by atoms with Crippen LogP contribution in [0.25, 0.3) is 0 Å². The molecule has 3 nitrogen and oxygen atoms in total. The summed E-state index contributed by atoms with van der Waals surface area (Å²) in [6.45, 7) is 11.2. The number of hydrogen-bond acceptors (Lipinski definition) is 3. The van der Waals surface area contributed by atoms with Gasteiger partial charge in [0.05, 0.1) is 11.7 Å². The number of para-hydroxylation sites is 1. The van der Waals surface area contributed by atoms with Crippen LogP contribution in [-0.2, 0) is 0 Å². The first-order chi connectivity index (χ1) is 12.5. The van der Waals surface area contributed by atoms with E-state index in [1.54, 1.807) is 12.1 Å². The monoisotopic (exact) mass is 350 g/mol. The molecule has 0 aliphatic carbocycles. The summed E-state index contributed by atoms with van der Waals surface area (Å²) >= 11 is 0. The number of aryl methyl sites for hydroxylation is 1. The molecule has 0 bridgehead atoms. The van der Waals surface area contributed by atoms with E-state index in [0.29, 0.717) is 17.8 Å². The molecular weight excluding hydrogens is 320 g/mol. The lowest BCUT2D eigenvalue weighted by Crippen LogP contribution is -2.30. The third-order valence-electron chi connectivity index (χ3n) is 4.57. The van der Waals surface area contributed by atoms with Gasteiger partial charge < -0.3 is 10.8 Å². The molecular formula is C23H30N2O. The maximum Gasteiger partial charge on any atom is 0.138 e. The minimum absolute atomic E-state index is 0.162. The molecule has 2 aromatic rings. The number of nitrogens with two attached hydrogens (primary N) is 1. The quantitative estimate of drug-likeness (QED) is 0.349. The Balaban J connectivity index is 0.000000263. The standard InChI is InChI=1S/C14H17N.C7H9NO.C2H4/c1-3-14-10-7-11-15(14)12(2)13-8-5-4-6-9-13;1-5-3-2-4-6(9)7(5)8;1-2/h1,4-6,8-9,12,14H,7,10-11H2,2H3;2-4,9H,8H2,1H3;1-2H2/t12-,14?;;/m1../s1. The number of benzene rings is 2. The van der Waals surface area contributed by atoms with Gasteiger partial charge in [0.2, 0.25) is 0 Å². The first-order valence-corrected chi connectivity index (χ1v) is 8.85. The average Bonchev–Trinajstić information content (AvgIpc) is 3.17. The van der Waals surface area contributed by atoms with Crippen LogP contribution in [0.4, 0.5) is 5.69 Å². The highest BCUT2D eigenvalue weighted by Gasteiger charge is 2.27. The van der Waals surface area contributed by atoms with Crippen molar-refractivity contribution in [3.8, 4) is 18.1 Å². The number of nitrogens with zero attached hydrogens (tertiary/aromatic N) is 1. The molecule has 0 amide bonds. The maximum absolute atomic E-state index is 8.98. The summed E-state index contributed by atoms with van der Waals surface area (Å²) in [4.78, 5) is 2.43. The Labute approximate surface area is 158 Å². The van der Waals surface area contributed by atoms with Crippen LogP contribution >= 0.6 is 0 Å². The normalized spacial score (nSPS) is 17.0. The van der Waals surface area contributed by atoms with Gasteiger partial charge in [-0.05, 0) is 43.9 Å². The number of hydrogen-bond donors (Lipinski definition) is 2. The van der Waals surface area contributed by atoms with E-state index in [2.05, 4.69) is 61.2 Å². The van der Waals surface area contributed by atoms with Gasteiger partial charge in [-0.15, -0.1) is 19.6 Å². The molecule has 3 heteroatoms. The number of likely N-dealkylation sites (tertiary alicyclic amines) is 1. The summed E-state index contributed by atoms with van der Waals surface area (Å²) in [7, 11) is 0. The molecule has 1 aliphatic heterocycles. The van der Waals surface area contributed by atoms with E-state index in [1.807, 2.05) is 13.0 Å². The van der Waals surface area contributed by atoms with Crippen molar-refractivity contribution >= 4 is 5.69 Å². The van der Waals surface area contributed by atoms with Crippen molar-refractivity contribution < 1.29 is 5.11 Å². The van der Waals surface area contributed by atoms with E-state index in [-0.39, 0.29) is 5.75 Å². The highest BCUT2D eigenvalue weighted by Crippen LogP contribution is 2.28. The first kappa shape index (κ1) is 21.3. The zero-order valence-corrected chi connectivity index (χ0v) is 15.9. The fourth-order valence-electron chi connectivity index (χ4n) is 3.02. The molecule has 3 N–H and O–H groups in total. The number of nitrogen functional groups attached to an aromatic ring is 1. The maximum atomic E-state index is 8.98. The largest absolute Gasteiger partial charge is 0.506 e. The van der Waals surface area contributed by atoms with Crippen LogP contribution in [-0.4, -0.2) is 22.6 Å². The summed E-state index contributed by atoms with van der Waals surface area (Å²) in [5.41, 5.74) is 8.17. The predicted molar refractivity (Wildman–Crippen MR) is 112 cm³/mol. The number of phenolic OH excluding ortho intramolecular Hbond substituents is 1. The van der Waals surface area contributed by atoms with E-state index in [4.69, 9.17) is 17.3 Å². The van der Waals surface area contributed by atoms with E-state index in [9.17, 15) is 0 Å². The van der Waals surface area contributed by atoms with Gasteiger partial charge in [0.1, 0.15) is 5.75 Å². The third-order valence-corrected chi connectivity index (χ3v) is 4.57. The Morgan fingerprint density at radius 2 is 1.85 bits per heavy atom. The van der Waals surface area contributed by atoms with E-state index < -0.39 is 0 Å². The molecule has 2 atom stereocenters. The van der Waals surface area contributed by atoms with Crippen LogP contribution in [0, 0.1) is 19.3 Å². The Morgan fingerprint density at radius 3 is 2.38 bits per heavy atom. The predicted octanol–water partition coefficient (Wildman–Crippen LogP) is 4.93. The van der Waals surface area contributed by atoms with Crippen molar-refractivity contribution in [3.05, 3.63) is 72.8 Å². The van der Waals surface area contributed by atoms with Gasteiger partial charge in [-0.2, -0.15) is 0 Å². The minimum atomic E-state index is 0.162. The summed E-state index contributed by atoms with van der Waals surface area (Å²) in [6, 6.07) is 16.6. The van der Waals surface area contributed by atoms with Crippen molar-refractivity contribution in [1.82, 2.24) is 4.90 Å². The van der Waals surface area contributed by atoms with E-state index in [1.165, 1.54) is 12.0 Å². The highest BCUT2D eigenvalue weighted by atomic mass is 16.3. The van der Waals surface area contributed by atoms with Gasteiger partial charge in [-0.1, -0.05) is 48.4 Å². The molecule has 1 aliphatic rings. The highest BCUT2D eigenvalue weighted by molar-refractivity contribution is 5.56. The molecule has 2 aromatic carbocycles. The van der Waals surface area contributed by atoms with Crippen molar-refractivity contribution in [2.45, 2.75) is 38.8 Å². The van der Waals surface area contributed by atoms with Gasteiger partial charge in [0, 0.05) is 12.6 Å². The summed E-state index contributed by atoms with van der Waals surface area (Å²) in [5.74, 6) is 3.05. The molecule has 26 heavy (non-hydrogen) atoms. The second-order valence-corrected chi connectivity index (χ2v) is 6.16. The van der Waals surface area contributed by atoms with E-state index in [0.717, 1.165) is 18.5 Å². The second-order valence-electron chi connectivity index (χ2n) is 6.16. The molecule has 0 saturated carbocycles. The molecule has 1 unspecified atom stereocenters. The molecule has 138 valence electrons. The number of terminal acetylenes is 1. The lowest BCUT2D eigenvalue weighted by molar-refractivity contribution is 0.227. The lowest BCUT2D eigenvalue weighted by atomic mass is 10.1. The van der Waals surface area contributed by atoms with Crippen molar-refractivity contribution in [3.63, 3.8) is 0 Å². The average molecular weight is 351 g/mol. The molecule has 0 spiro atoms. The number of aromatic hydroxyl groups is 1. The molecule has 1 saturated heterocycles. The second kappa shape index (κ2) is 11.0. The SMILES string of the molecule is C#CC1CCCN1[C@H](C)c1ccccc1.C=C.Cc1cccc(O)c1N. The van der Waals surface area contributed by atoms with Crippen LogP contribution in [0.3, 0.4) is 0 Å². The van der Waals surface area contributed by atoms with Gasteiger partial charge in [0.15, 0.2) is 0 Å². The van der Waals surface area contributed by atoms with Crippen LogP contribution in [0.2, 0.25) is 0 Å². The summed E-state index contributed by atoms with van der Waals surface area (Å²) in [6.07, 6.45) is 7.92. The number of anilines is 1. The molecule has 0 aromatic heterocycles. The Kier molecular flexibility index (Phi) is 9.05. The smallest absolute Gasteiger partial charge is 0.138 e. The van der Waals surface area contributed by atoms with Gasteiger partial charge >= 0.3 is 0 Å². The number of phenols is 1. The van der Waals surface area contributed by atoms with Crippen LogP contribution in [0.1, 0.15) is 36.9 Å². The van der Waals surface area contributed by atoms with Crippen LogP contribution < -0.4 is 5.73 Å². The molecule has 0 radical (unpaired) electrons. The molecule has 1 fully saturated rings. The minimum Gasteiger partial charge on any atom is -0.506 e. The number of rotatable bonds is 2. The van der Waals surface area contributed by atoms with Crippen LogP contribution in [0.5, 0.6) is 5.75 Å². The summed E-state index contributed by atoms with van der Waals surface area (Å²) in [5, 5.41) is 8.98. The van der Waals surface area contributed by atoms with Gasteiger partial charge in [-0.3, -0.25) is 4.90 Å². The zero-order chi connectivity index (χ0) is 19.5. The zero-order valence-electron chi connectivity index (χ0n) is 15.9. The Morgan fingerprint density at radius 1 is 1.19 bits per heavy atom. The lowest BCUT2D eigenvalue weighted by Gasteiger charge is -2.28. The molecule has 3 rings (SSSR count). The van der Waals surface area contributed by atoms with Gasteiger partial charge in [0.25, 0.3) is 0 Å². The first-order valence-electron chi connectivity index (χ1n) is 8.85. The molecule has 1 heterocycles. The van der Waals surface area contributed by atoms with Crippen molar-refractivity contribution in [2.24, 2.45) is 0 Å². The Bertz CT molecular complexity index is 686.